The third kappa shape index (κ3) is 5.00. The molecule has 0 unspecified atom stereocenters. The number of fused-ring (bicyclic) bond motifs is 1. The van der Waals surface area contributed by atoms with Crippen molar-refractivity contribution in [2.75, 3.05) is 4.90 Å². The van der Waals surface area contributed by atoms with Crippen LogP contribution in [0.3, 0.4) is 0 Å². The van der Waals surface area contributed by atoms with Crippen LogP contribution < -0.4 is 10.4 Å². The third-order valence-electron chi connectivity index (χ3n) is 7.86. The maximum Gasteiger partial charge on any atom is 0.114 e. The van der Waals surface area contributed by atoms with Gasteiger partial charge in [0.25, 0.3) is 0 Å². The van der Waals surface area contributed by atoms with Crippen LogP contribution in [0.25, 0.3) is 44.2 Å². The van der Waals surface area contributed by atoms with Crippen molar-refractivity contribution in [3.05, 3.63) is 170 Å². The minimum atomic E-state index is 0.801. The Balaban J connectivity index is 1.29. The van der Waals surface area contributed by atoms with Crippen LogP contribution in [0.15, 0.2) is 170 Å². The summed E-state index contributed by atoms with van der Waals surface area (Å²) < 4.78 is 0. The lowest BCUT2D eigenvalue weighted by Gasteiger charge is -2.26. The van der Waals surface area contributed by atoms with E-state index in [1.165, 1.54) is 27.8 Å². The van der Waals surface area contributed by atoms with E-state index in [9.17, 15) is 0 Å². The smallest absolute Gasteiger partial charge is 0.114 e. The predicted octanol–water partition coefficient (Wildman–Crippen LogP) is 10.1. The Morgan fingerprint density at radius 2 is 0.714 bits per heavy atom. The fraction of sp³-hybridized carbons (Fsp3) is 0. The second kappa shape index (κ2) is 11.3. The molecule has 0 saturated heterocycles. The lowest BCUT2D eigenvalue weighted by molar-refractivity contribution is 1.28. The predicted molar refractivity (Wildman–Crippen MR) is 180 cm³/mol. The molecule has 1 nitrogen and oxygen atoms in total. The maximum atomic E-state index is 6.28. The van der Waals surface area contributed by atoms with Crippen LogP contribution in [0.5, 0.6) is 0 Å². The van der Waals surface area contributed by atoms with Gasteiger partial charge < -0.3 is 4.90 Å². The molecule has 0 bridgehead atoms. The first-order valence-corrected chi connectivity index (χ1v) is 14.2. The highest BCUT2D eigenvalue weighted by Gasteiger charge is 2.14. The standard InChI is InChI=1S/C40H28BN/c41-40-16-8-14-38-37(13-7-15-39(38)40)33-21-27-36(28-22-33)42(34-23-17-31(18-24-34)29-9-3-1-4-10-29)35-25-19-32(20-26-35)30-11-5-2-6-12-30/h1-28H. The topological polar surface area (TPSA) is 3.24 Å². The molecule has 0 N–H and O–H groups in total. The fourth-order valence-electron chi connectivity index (χ4n) is 5.69. The van der Waals surface area contributed by atoms with Gasteiger partial charge in [-0.05, 0) is 80.6 Å². The SMILES string of the molecule is [B]c1cccc2c(-c3ccc(N(c4ccc(-c5ccccc5)cc4)c4ccc(-c5ccccc5)cc4)cc3)cccc12. The van der Waals surface area contributed by atoms with Gasteiger partial charge in [-0.2, -0.15) is 0 Å². The average Bonchev–Trinajstić information content (AvgIpc) is 3.07. The molecule has 0 atom stereocenters. The van der Waals surface area contributed by atoms with Crippen LogP contribution in [0, 0.1) is 0 Å². The highest BCUT2D eigenvalue weighted by molar-refractivity contribution is 6.39. The van der Waals surface area contributed by atoms with Gasteiger partial charge >= 0.3 is 0 Å². The van der Waals surface area contributed by atoms with E-state index in [1.807, 2.05) is 12.1 Å². The van der Waals surface area contributed by atoms with Crippen LogP contribution >= 0.6 is 0 Å². The zero-order chi connectivity index (χ0) is 28.3. The Hall–Kier alpha value is -5.34. The molecular formula is C40H28BN. The van der Waals surface area contributed by atoms with Crippen molar-refractivity contribution in [1.82, 2.24) is 0 Å². The van der Waals surface area contributed by atoms with Crippen LogP contribution in [0.4, 0.5) is 17.1 Å². The van der Waals surface area contributed by atoms with Crippen molar-refractivity contribution in [3.8, 4) is 33.4 Å². The maximum absolute atomic E-state index is 6.28. The summed E-state index contributed by atoms with van der Waals surface area (Å²) in [6.07, 6.45) is 0. The van der Waals surface area contributed by atoms with Crippen molar-refractivity contribution in [3.63, 3.8) is 0 Å². The van der Waals surface area contributed by atoms with Gasteiger partial charge in [-0.15, -0.1) is 0 Å². The van der Waals surface area contributed by atoms with E-state index in [0.29, 0.717) is 0 Å². The second-order valence-corrected chi connectivity index (χ2v) is 10.5. The number of rotatable bonds is 6. The first-order valence-electron chi connectivity index (χ1n) is 14.2. The molecule has 0 fully saturated rings. The summed E-state index contributed by atoms with van der Waals surface area (Å²) in [6.45, 7) is 0. The van der Waals surface area contributed by atoms with Crippen molar-refractivity contribution in [2.45, 2.75) is 0 Å². The number of hydrogen-bond donors (Lipinski definition) is 0. The molecule has 7 rings (SSSR count). The van der Waals surface area contributed by atoms with E-state index < -0.39 is 0 Å². The van der Waals surface area contributed by atoms with E-state index in [1.54, 1.807) is 0 Å². The molecule has 0 spiro atoms. The van der Waals surface area contributed by atoms with Crippen LogP contribution in [0.2, 0.25) is 0 Å². The molecule has 7 aromatic carbocycles. The first-order chi connectivity index (χ1) is 20.7. The van der Waals surface area contributed by atoms with Gasteiger partial charge in [0, 0.05) is 17.1 Å². The highest BCUT2D eigenvalue weighted by Crippen LogP contribution is 2.38. The van der Waals surface area contributed by atoms with E-state index in [0.717, 1.165) is 38.9 Å². The molecule has 2 radical (unpaired) electrons. The Morgan fingerprint density at radius 1 is 0.310 bits per heavy atom. The molecule has 0 aliphatic carbocycles. The second-order valence-electron chi connectivity index (χ2n) is 10.5. The number of hydrogen-bond acceptors (Lipinski definition) is 1. The lowest BCUT2D eigenvalue weighted by Crippen LogP contribution is -2.09. The monoisotopic (exact) mass is 533 g/mol. The summed E-state index contributed by atoms with van der Waals surface area (Å²) in [4.78, 5) is 2.31. The Kier molecular flexibility index (Phi) is 6.88. The zero-order valence-electron chi connectivity index (χ0n) is 23.2. The largest absolute Gasteiger partial charge is 0.311 e. The molecule has 0 saturated carbocycles. The summed E-state index contributed by atoms with van der Waals surface area (Å²) in [5, 5.41) is 2.24. The van der Waals surface area contributed by atoms with Gasteiger partial charge in [-0.3, -0.25) is 0 Å². The average molecular weight is 533 g/mol. The summed E-state index contributed by atoms with van der Waals surface area (Å²) >= 11 is 0. The van der Waals surface area contributed by atoms with Crippen molar-refractivity contribution in [2.24, 2.45) is 0 Å². The van der Waals surface area contributed by atoms with Crippen LogP contribution in [0.1, 0.15) is 0 Å². The molecule has 0 aromatic heterocycles. The van der Waals surface area contributed by atoms with E-state index in [-0.39, 0.29) is 0 Å². The van der Waals surface area contributed by atoms with Gasteiger partial charge in [0.2, 0.25) is 0 Å². The molecule has 196 valence electrons. The molecule has 7 aromatic rings. The molecule has 42 heavy (non-hydrogen) atoms. The van der Waals surface area contributed by atoms with Gasteiger partial charge in [-0.1, -0.05) is 139 Å². The normalized spacial score (nSPS) is 11.0. The van der Waals surface area contributed by atoms with Crippen molar-refractivity contribution < 1.29 is 0 Å². The summed E-state index contributed by atoms with van der Waals surface area (Å²) in [6, 6.07) is 59.9. The van der Waals surface area contributed by atoms with Crippen molar-refractivity contribution >= 4 is 41.1 Å². The quantitative estimate of drug-likeness (QED) is 0.192. The van der Waals surface area contributed by atoms with Gasteiger partial charge in [0.15, 0.2) is 0 Å². The van der Waals surface area contributed by atoms with E-state index >= 15 is 0 Å². The Morgan fingerprint density at radius 3 is 1.21 bits per heavy atom. The molecule has 0 amide bonds. The summed E-state index contributed by atoms with van der Waals surface area (Å²) in [5.74, 6) is 0. The zero-order valence-corrected chi connectivity index (χ0v) is 23.2. The lowest BCUT2D eigenvalue weighted by atomic mass is 9.87. The highest BCUT2D eigenvalue weighted by atomic mass is 15.1. The number of benzene rings is 7. The van der Waals surface area contributed by atoms with Crippen LogP contribution in [-0.4, -0.2) is 7.85 Å². The van der Waals surface area contributed by atoms with Gasteiger partial charge in [-0.25, -0.2) is 0 Å². The van der Waals surface area contributed by atoms with Crippen molar-refractivity contribution in [1.29, 1.82) is 0 Å². The Labute approximate surface area is 248 Å². The van der Waals surface area contributed by atoms with Gasteiger partial charge in [0.05, 0.1) is 0 Å². The van der Waals surface area contributed by atoms with E-state index in [4.69, 9.17) is 7.85 Å². The number of nitrogens with zero attached hydrogens (tertiary/aromatic N) is 1. The third-order valence-corrected chi connectivity index (χ3v) is 7.86. The summed E-state index contributed by atoms with van der Waals surface area (Å²) in [5.41, 5.74) is 11.3. The molecule has 0 heterocycles. The first kappa shape index (κ1) is 25.6. The summed E-state index contributed by atoms with van der Waals surface area (Å²) in [7, 11) is 6.28. The molecular weight excluding hydrogens is 505 g/mol. The number of anilines is 3. The minimum absolute atomic E-state index is 0.801. The Bertz CT molecular complexity index is 1860. The minimum Gasteiger partial charge on any atom is -0.311 e. The fourth-order valence-corrected chi connectivity index (χ4v) is 5.69. The molecule has 2 heteroatoms. The van der Waals surface area contributed by atoms with E-state index in [2.05, 4.69) is 163 Å². The molecule has 0 aliphatic heterocycles. The van der Waals surface area contributed by atoms with Gasteiger partial charge in [0.1, 0.15) is 7.85 Å². The molecule has 0 aliphatic rings. The van der Waals surface area contributed by atoms with Crippen LogP contribution in [-0.2, 0) is 0 Å².